The zero-order valence-electron chi connectivity index (χ0n) is 17.3. The Bertz CT molecular complexity index is 1350. The summed E-state index contributed by atoms with van der Waals surface area (Å²) in [7, 11) is -3.80. The molecule has 1 amide bonds. The van der Waals surface area contributed by atoms with Gasteiger partial charge in [0.1, 0.15) is 11.5 Å². The molecule has 0 bridgehead atoms. The molecule has 0 atom stereocenters. The fourth-order valence-electron chi connectivity index (χ4n) is 3.02. The number of halogens is 1. The van der Waals surface area contributed by atoms with Gasteiger partial charge in [-0.3, -0.25) is 4.79 Å². The summed E-state index contributed by atoms with van der Waals surface area (Å²) in [5, 5.41) is 16.9. The van der Waals surface area contributed by atoms with Crippen LogP contribution in [0.4, 0.5) is 5.69 Å². The van der Waals surface area contributed by atoms with Gasteiger partial charge in [-0.25, -0.2) is 13.6 Å². The number of rotatable bonds is 6. The second-order valence-electron chi connectivity index (χ2n) is 7.21. The number of nitrogens with two attached hydrogens (primary N) is 1. The van der Waals surface area contributed by atoms with Gasteiger partial charge in [-0.05, 0) is 95.0 Å². The molecule has 0 fully saturated rings. The molecule has 0 aliphatic carbocycles. The second-order valence-corrected chi connectivity index (χ2v) is 9.62. The molecule has 0 aromatic heterocycles. The van der Waals surface area contributed by atoms with Crippen LogP contribution in [-0.4, -0.2) is 14.3 Å². The molecule has 3 N–H and O–H groups in total. The molecule has 0 aliphatic heterocycles. The Morgan fingerprint density at radius 3 is 2.38 bits per heavy atom. The highest BCUT2D eigenvalue weighted by Gasteiger charge is 2.13. The van der Waals surface area contributed by atoms with Crippen LogP contribution in [0.25, 0.3) is 0 Å². The van der Waals surface area contributed by atoms with Crippen molar-refractivity contribution in [2.75, 3.05) is 5.32 Å². The van der Waals surface area contributed by atoms with Gasteiger partial charge in [0, 0.05) is 5.69 Å². The van der Waals surface area contributed by atoms with Crippen LogP contribution in [-0.2, 0) is 21.2 Å². The topological polar surface area (TPSA) is 122 Å². The lowest BCUT2D eigenvalue weighted by molar-refractivity contribution is -0.115. The van der Waals surface area contributed by atoms with E-state index in [-0.39, 0.29) is 17.2 Å². The van der Waals surface area contributed by atoms with E-state index < -0.39 is 10.0 Å². The standard InChI is InChI=1S/C23H20BrN3O4S/c1-14-10-18(32(26,29)30)5-6-20(14)27-23(28)12-16-3-8-22(19(24)11-16)31-21-7-4-17(13-25)9-15(21)2/h3-11H,12H2,1-2H3,(H,27,28)(H2,26,29,30). The molecular formula is C23H20BrN3O4S. The average Bonchev–Trinajstić information content (AvgIpc) is 2.72. The van der Waals surface area contributed by atoms with Crippen molar-refractivity contribution in [1.29, 1.82) is 5.26 Å². The van der Waals surface area contributed by atoms with Crippen molar-refractivity contribution in [3.05, 3.63) is 81.3 Å². The average molecular weight is 514 g/mol. The van der Waals surface area contributed by atoms with Gasteiger partial charge in [-0.1, -0.05) is 6.07 Å². The molecule has 9 heteroatoms. The maximum absolute atomic E-state index is 12.5. The Morgan fingerprint density at radius 2 is 1.78 bits per heavy atom. The number of sulfonamides is 1. The number of hydrogen-bond acceptors (Lipinski definition) is 5. The number of benzene rings is 3. The molecule has 0 aliphatic rings. The van der Waals surface area contributed by atoms with Crippen molar-refractivity contribution in [2.24, 2.45) is 5.14 Å². The van der Waals surface area contributed by atoms with Crippen LogP contribution in [0.1, 0.15) is 22.3 Å². The molecule has 0 saturated heterocycles. The number of amides is 1. The molecule has 3 aromatic carbocycles. The first-order valence-electron chi connectivity index (χ1n) is 9.47. The van der Waals surface area contributed by atoms with Gasteiger partial charge >= 0.3 is 0 Å². The Balaban J connectivity index is 1.69. The highest BCUT2D eigenvalue weighted by molar-refractivity contribution is 9.10. The zero-order chi connectivity index (χ0) is 23.5. The number of nitrogens with one attached hydrogen (secondary N) is 1. The first kappa shape index (κ1) is 23.5. The lowest BCUT2D eigenvalue weighted by Gasteiger charge is -2.12. The third-order valence-corrected chi connectivity index (χ3v) is 6.22. The molecule has 0 spiro atoms. The van der Waals surface area contributed by atoms with Crippen LogP contribution in [0, 0.1) is 25.2 Å². The van der Waals surface area contributed by atoms with Crippen molar-refractivity contribution in [3.8, 4) is 17.6 Å². The van der Waals surface area contributed by atoms with Gasteiger partial charge < -0.3 is 10.1 Å². The summed E-state index contributed by atoms with van der Waals surface area (Å²) in [5.74, 6) is 0.963. The smallest absolute Gasteiger partial charge is 0.238 e. The first-order valence-corrected chi connectivity index (χ1v) is 11.8. The minimum atomic E-state index is -3.80. The predicted molar refractivity (Wildman–Crippen MR) is 125 cm³/mol. The molecule has 164 valence electrons. The Hall–Kier alpha value is -3.19. The number of carbonyl (C=O) groups excluding carboxylic acids is 1. The monoisotopic (exact) mass is 513 g/mol. The molecule has 3 aromatic rings. The Kier molecular flexibility index (Phi) is 6.99. The fraction of sp³-hybridized carbons (Fsp3) is 0.130. The number of nitriles is 1. The molecule has 0 heterocycles. The molecule has 3 rings (SSSR count). The van der Waals surface area contributed by atoms with Crippen LogP contribution in [0.2, 0.25) is 0 Å². The summed E-state index contributed by atoms with van der Waals surface area (Å²) >= 11 is 3.47. The van der Waals surface area contributed by atoms with Gasteiger partial charge in [0.2, 0.25) is 15.9 Å². The van der Waals surface area contributed by atoms with Crippen molar-refractivity contribution in [3.63, 3.8) is 0 Å². The maximum Gasteiger partial charge on any atom is 0.238 e. The van der Waals surface area contributed by atoms with E-state index >= 15 is 0 Å². The largest absolute Gasteiger partial charge is 0.456 e. The van der Waals surface area contributed by atoms with Gasteiger partial charge in [-0.15, -0.1) is 0 Å². The van der Waals surface area contributed by atoms with Crippen molar-refractivity contribution in [2.45, 2.75) is 25.2 Å². The van der Waals surface area contributed by atoms with Crippen LogP contribution in [0.15, 0.2) is 64.0 Å². The predicted octanol–water partition coefficient (Wildman–Crippen LogP) is 4.56. The van der Waals surface area contributed by atoms with Crippen molar-refractivity contribution >= 4 is 37.5 Å². The number of hydrogen-bond donors (Lipinski definition) is 2. The van der Waals surface area contributed by atoms with Gasteiger partial charge in [0.25, 0.3) is 0 Å². The van der Waals surface area contributed by atoms with Gasteiger partial charge in [-0.2, -0.15) is 5.26 Å². The maximum atomic E-state index is 12.5. The first-order chi connectivity index (χ1) is 15.1. The van der Waals surface area contributed by atoms with Crippen molar-refractivity contribution in [1.82, 2.24) is 0 Å². The van der Waals surface area contributed by atoms with E-state index in [9.17, 15) is 13.2 Å². The number of anilines is 1. The summed E-state index contributed by atoms with van der Waals surface area (Å²) in [5.41, 5.74) is 3.26. The van der Waals surface area contributed by atoms with Crippen molar-refractivity contribution < 1.29 is 17.9 Å². The Labute approximate surface area is 195 Å². The van der Waals surface area contributed by atoms with Gasteiger partial charge in [0.05, 0.1) is 27.4 Å². The second kappa shape index (κ2) is 9.53. The summed E-state index contributed by atoms with van der Waals surface area (Å²) in [6.07, 6.45) is 0.116. The van der Waals surface area contributed by atoms with E-state index in [0.29, 0.717) is 32.8 Å². The molecule has 0 saturated carbocycles. The summed E-state index contributed by atoms with van der Waals surface area (Å²) in [6.45, 7) is 3.55. The summed E-state index contributed by atoms with van der Waals surface area (Å²) in [4.78, 5) is 12.5. The van der Waals surface area contributed by atoms with Crippen LogP contribution in [0.3, 0.4) is 0 Å². The van der Waals surface area contributed by atoms with Gasteiger partial charge in [0.15, 0.2) is 0 Å². The van der Waals surface area contributed by atoms with Crippen LogP contribution >= 0.6 is 15.9 Å². The van der Waals surface area contributed by atoms with E-state index in [1.165, 1.54) is 18.2 Å². The normalized spacial score (nSPS) is 11.0. The minimum Gasteiger partial charge on any atom is -0.456 e. The van der Waals surface area contributed by atoms with Crippen LogP contribution in [0.5, 0.6) is 11.5 Å². The lowest BCUT2D eigenvalue weighted by atomic mass is 10.1. The quantitative estimate of drug-likeness (QED) is 0.500. The number of carbonyl (C=O) groups is 1. The third kappa shape index (κ3) is 5.73. The summed E-state index contributed by atoms with van der Waals surface area (Å²) in [6, 6.07) is 16.9. The van der Waals surface area contributed by atoms with E-state index in [1.54, 1.807) is 43.3 Å². The number of aryl methyl sites for hydroxylation is 2. The molecular weight excluding hydrogens is 494 g/mol. The SMILES string of the molecule is Cc1cc(S(N)(=O)=O)ccc1NC(=O)Cc1ccc(Oc2ccc(C#N)cc2C)c(Br)c1. The molecule has 7 nitrogen and oxygen atoms in total. The van der Waals surface area contributed by atoms with E-state index in [2.05, 4.69) is 27.3 Å². The lowest BCUT2D eigenvalue weighted by Crippen LogP contribution is -2.16. The van der Waals surface area contributed by atoms with E-state index in [1.807, 2.05) is 6.92 Å². The van der Waals surface area contributed by atoms with E-state index in [4.69, 9.17) is 15.1 Å². The third-order valence-electron chi connectivity index (χ3n) is 4.69. The zero-order valence-corrected chi connectivity index (χ0v) is 19.7. The number of ether oxygens (including phenoxy) is 1. The molecule has 0 radical (unpaired) electrons. The summed E-state index contributed by atoms with van der Waals surface area (Å²) < 4.78 is 29.5. The molecule has 32 heavy (non-hydrogen) atoms. The molecule has 0 unspecified atom stereocenters. The number of nitrogens with zero attached hydrogens (tertiary/aromatic N) is 1. The highest BCUT2D eigenvalue weighted by atomic mass is 79.9. The fourth-order valence-corrected chi connectivity index (χ4v) is 4.13. The number of primary sulfonamides is 1. The highest BCUT2D eigenvalue weighted by Crippen LogP contribution is 2.32. The van der Waals surface area contributed by atoms with Crippen LogP contribution < -0.4 is 15.2 Å². The minimum absolute atomic E-state index is 0.00924. The Morgan fingerprint density at radius 1 is 1.06 bits per heavy atom. The van der Waals surface area contributed by atoms with E-state index in [0.717, 1.165) is 11.1 Å².